The summed E-state index contributed by atoms with van der Waals surface area (Å²) in [6, 6.07) is 8.99. The minimum atomic E-state index is -0.0257. The second-order valence-corrected chi connectivity index (χ2v) is 5.82. The number of pyridine rings is 1. The van der Waals surface area contributed by atoms with Crippen molar-refractivity contribution in [3.8, 4) is 0 Å². The van der Waals surface area contributed by atoms with Gasteiger partial charge < -0.3 is 11.1 Å². The van der Waals surface area contributed by atoms with Crippen molar-refractivity contribution >= 4 is 34.9 Å². The Morgan fingerprint density at radius 1 is 1.23 bits per heavy atom. The zero-order chi connectivity index (χ0) is 16.1. The van der Waals surface area contributed by atoms with Crippen LogP contribution in [0.2, 0.25) is 10.0 Å². The molecule has 1 aromatic heterocycles. The van der Waals surface area contributed by atoms with E-state index in [1.54, 1.807) is 18.2 Å². The third kappa shape index (κ3) is 4.61. The molecule has 6 heteroatoms. The number of benzene rings is 1. The standard InChI is InChI=1S/C16H17Cl2N3O/c1-10-12(4-6-15(19)21-10)9-20-16(22)7-3-11-2-5-13(17)14(18)8-11/h2,4-6,8H,3,7,9H2,1H3,(H2,19,21)(H,20,22). The average molecular weight is 338 g/mol. The highest BCUT2D eigenvalue weighted by Crippen LogP contribution is 2.23. The van der Waals surface area contributed by atoms with Crippen molar-refractivity contribution in [1.82, 2.24) is 10.3 Å². The molecule has 1 heterocycles. The number of hydrogen-bond acceptors (Lipinski definition) is 3. The van der Waals surface area contributed by atoms with Crippen LogP contribution in [0.1, 0.15) is 23.2 Å². The molecule has 0 saturated carbocycles. The Kier molecular flexibility index (Phi) is 5.63. The van der Waals surface area contributed by atoms with Gasteiger partial charge in [-0.2, -0.15) is 0 Å². The van der Waals surface area contributed by atoms with E-state index >= 15 is 0 Å². The number of nitrogen functional groups attached to an aromatic ring is 1. The van der Waals surface area contributed by atoms with Gasteiger partial charge in [-0.25, -0.2) is 4.98 Å². The van der Waals surface area contributed by atoms with Crippen LogP contribution in [-0.2, 0) is 17.8 Å². The summed E-state index contributed by atoms with van der Waals surface area (Å²) in [5.41, 5.74) is 8.36. The summed E-state index contributed by atoms with van der Waals surface area (Å²) in [5, 5.41) is 3.89. The predicted octanol–water partition coefficient (Wildman–Crippen LogP) is 3.53. The van der Waals surface area contributed by atoms with Crippen molar-refractivity contribution in [1.29, 1.82) is 0 Å². The predicted molar refractivity (Wildman–Crippen MR) is 90.0 cm³/mol. The van der Waals surface area contributed by atoms with Gasteiger partial charge in [0.15, 0.2) is 0 Å². The molecule has 0 unspecified atom stereocenters. The van der Waals surface area contributed by atoms with Crippen molar-refractivity contribution in [2.24, 2.45) is 0 Å². The van der Waals surface area contributed by atoms with Crippen LogP contribution in [0.25, 0.3) is 0 Å². The van der Waals surface area contributed by atoms with Gasteiger partial charge in [0, 0.05) is 18.7 Å². The molecule has 2 rings (SSSR count). The molecule has 4 nitrogen and oxygen atoms in total. The number of aryl methyl sites for hydroxylation is 2. The number of carbonyl (C=O) groups is 1. The lowest BCUT2D eigenvalue weighted by molar-refractivity contribution is -0.121. The summed E-state index contributed by atoms with van der Waals surface area (Å²) in [7, 11) is 0. The molecule has 0 aliphatic carbocycles. The van der Waals surface area contributed by atoms with E-state index < -0.39 is 0 Å². The second-order valence-electron chi connectivity index (χ2n) is 5.01. The Hall–Kier alpha value is -1.78. The molecule has 0 radical (unpaired) electrons. The van der Waals surface area contributed by atoms with Crippen LogP contribution in [0.4, 0.5) is 5.82 Å². The lowest BCUT2D eigenvalue weighted by atomic mass is 10.1. The number of halogens is 2. The third-order valence-electron chi connectivity index (χ3n) is 3.32. The maximum absolute atomic E-state index is 11.9. The fraction of sp³-hybridized carbons (Fsp3) is 0.250. The van der Waals surface area contributed by atoms with Gasteiger partial charge in [-0.15, -0.1) is 0 Å². The number of hydrogen-bond donors (Lipinski definition) is 2. The highest BCUT2D eigenvalue weighted by molar-refractivity contribution is 6.42. The average Bonchev–Trinajstić information content (AvgIpc) is 2.47. The molecule has 0 bridgehead atoms. The normalized spacial score (nSPS) is 10.5. The Morgan fingerprint density at radius 2 is 2.00 bits per heavy atom. The van der Waals surface area contributed by atoms with Crippen LogP contribution in [0.5, 0.6) is 0 Å². The SMILES string of the molecule is Cc1nc(N)ccc1CNC(=O)CCc1ccc(Cl)c(Cl)c1. The quantitative estimate of drug-likeness (QED) is 0.876. The largest absolute Gasteiger partial charge is 0.384 e. The van der Waals surface area contributed by atoms with Crippen molar-refractivity contribution in [2.75, 3.05) is 5.73 Å². The van der Waals surface area contributed by atoms with Crippen LogP contribution in [0.15, 0.2) is 30.3 Å². The van der Waals surface area contributed by atoms with Crippen LogP contribution >= 0.6 is 23.2 Å². The van der Waals surface area contributed by atoms with E-state index in [1.165, 1.54) is 0 Å². The Bertz CT molecular complexity index is 689. The number of aromatic nitrogens is 1. The first kappa shape index (κ1) is 16.6. The van der Waals surface area contributed by atoms with Gasteiger partial charge in [-0.05, 0) is 42.7 Å². The van der Waals surface area contributed by atoms with E-state index in [4.69, 9.17) is 28.9 Å². The molecule has 0 atom stereocenters. The van der Waals surface area contributed by atoms with Gasteiger partial charge >= 0.3 is 0 Å². The molecule has 22 heavy (non-hydrogen) atoms. The smallest absolute Gasteiger partial charge is 0.220 e. The van der Waals surface area contributed by atoms with Crippen molar-refractivity contribution in [2.45, 2.75) is 26.3 Å². The molecule has 1 amide bonds. The number of rotatable bonds is 5. The van der Waals surface area contributed by atoms with Crippen LogP contribution in [0.3, 0.4) is 0 Å². The lowest BCUT2D eigenvalue weighted by Gasteiger charge is -2.08. The maximum atomic E-state index is 11.9. The van der Waals surface area contributed by atoms with E-state index in [0.717, 1.165) is 16.8 Å². The molecular weight excluding hydrogens is 321 g/mol. The Balaban J connectivity index is 1.84. The molecule has 1 aromatic carbocycles. The molecule has 3 N–H and O–H groups in total. The number of nitrogens with zero attached hydrogens (tertiary/aromatic N) is 1. The second kappa shape index (κ2) is 7.47. The number of nitrogens with one attached hydrogen (secondary N) is 1. The van der Waals surface area contributed by atoms with E-state index in [0.29, 0.717) is 35.2 Å². The van der Waals surface area contributed by atoms with Gasteiger partial charge in [0.25, 0.3) is 0 Å². The molecule has 116 valence electrons. The summed E-state index contributed by atoms with van der Waals surface area (Å²) in [6.45, 7) is 2.31. The summed E-state index contributed by atoms with van der Waals surface area (Å²) in [6.07, 6.45) is 1.00. The van der Waals surface area contributed by atoms with Crippen LogP contribution < -0.4 is 11.1 Å². The summed E-state index contributed by atoms with van der Waals surface area (Å²) in [5.74, 6) is 0.453. The monoisotopic (exact) mass is 337 g/mol. The van der Waals surface area contributed by atoms with Crippen LogP contribution in [0, 0.1) is 6.92 Å². The van der Waals surface area contributed by atoms with Gasteiger partial charge in [0.1, 0.15) is 5.82 Å². The highest BCUT2D eigenvalue weighted by Gasteiger charge is 2.06. The maximum Gasteiger partial charge on any atom is 0.220 e. The third-order valence-corrected chi connectivity index (χ3v) is 4.06. The van der Waals surface area contributed by atoms with E-state index in [2.05, 4.69) is 10.3 Å². The molecule has 2 aromatic rings. The fourth-order valence-electron chi connectivity index (χ4n) is 2.03. The zero-order valence-electron chi connectivity index (χ0n) is 12.2. The van der Waals surface area contributed by atoms with Crippen molar-refractivity contribution in [3.05, 3.63) is 57.2 Å². The van der Waals surface area contributed by atoms with Crippen molar-refractivity contribution in [3.63, 3.8) is 0 Å². The molecule has 0 fully saturated rings. The number of nitrogens with two attached hydrogens (primary N) is 1. The van der Waals surface area contributed by atoms with Gasteiger partial charge in [0.05, 0.1) is 10.0 Å². The Morgan fingerprint density at radius 3 is 2.68 bits per heavy atom. The lowest BCUT2D eigenvalue weighted by Crippen LogP contribution is -2.23. The summed E-state index contributed by atoms with van der Waals surface area (Å²) >= 11 is 11.8. The molecule has 0 aliphatic rings. The van der Waals surface area contributed by atoms with Gasteiger partial charge in [-0.1, -0.05) is 35.3 Å². The minimum Gasteiger partial charge on any atom is -0.384 e. The first-order valence-electron chi connectivity index (χ1n) is 6.88. The highest BCUT2D eigenvalue weighted by atomic mass is 35.5. The zero-order valence-corrected chi connectivity index (χ0v) is 13.7. The molecule has 0 aliphatic heterocycles. The summed E-state index contributed by atoms with van der Waals surface area (Å²) in [4.78, 5) is 16.1. The first-order valence-corrected chi connectivity index (χ1v) is 7.64. The molecule has 0 saturated heterocycles. The Labute approximate surface area is 139 Å². The minimum absolute atomic E-state index is 0.0257. The topological polar surface area (TPSA) is 68.0 Å². The molecular formula is C16H17Cl2N3O. The van der Waals surface area contributed by atoms with E-state index in [1.807, 2.05) is 19.1 Å². The van der Waals surface area contributed by atoms with Crippen molar-refractivity contribution < 1.29 is 4.79 Å². The number of carbonyl (C=O) groups excluding carboxylic acids is 1. The summed E-state index contributed by atoms with van der Waals surface area (Å²) < 4.78 is 0. The molecule has 0 spiro atoms. The van der Waals surface area contributed by atoms with E-state index in [-0.39, 0.29) is 5.91 Å². The number of amides is 1. The first-order chi connectivity index (χ1) is 10.5. The van der Waals surface area contributed by atoms with Gasteiger partial charge in [-0.3, -0.25) is 4.79 Å². The van der Waals surface area contributed by atoms with Gasteiger partial charge in [0.2, 0.25) is 5.91 Å². The van der Waals surface area contributed by atoms with Crippen LogP contribution in [-0.4, -0.2) is 10.9 Å². The number of anilines is 1. The van der Waals surface area contributed by atoms with E-state index in [9.17, 15) is 4.79 Å². The fourth-order valence-corrected chi connectivity index (χ4v) is 2.35.